The van der Waals surface area contributed by atoms with E-state index in [4.69, 9.17) is 5.73 Å². The summed E-state index contributed by atoms with van der Waals surface area (Å²) in [5.41, 5.74) is 8.69. The minimum atomic E-state index is -0.169. The number of benzene rings is 1. The van der Waals surface area contributed by atoms with Gasteiger partial charge in [0.15, 0.2) is 0 Å². The number of nitrogens with two attached hydrogens (primary N) is 1. The number of halogens is 1. The summed E-state index contributed by atoms with van der Waals surface area (Å²) in [6, 6.07) is 3.80. The number of hydrogen-bond acceptors (Lipinski definition) is 3. The van der Waals surface area contributed by atoms with Gasteiger partial charge in [0.05, 0.1) is 0 Å². The van der Waals surface area contributed by atoms with Crippen molar-refractivity contribution >= 4 is 5.69 Å². The van der Waals surface area contributed by atoms with Crippen LogP contribution in [0.15, 0.2) is 12.1 Å². The van der Waals surface area contributed by atoms with Crippen molar-refractivity contribution in [1.29, 1.82) is 0 Å². The van der Waals surface area contributed by atoms with Gasteiger partial charge in [-0.1, -0.05) is 0 Å². The summed E-state index contributed by atoms with van der Waals surface area (Å²) in [6.07, 6.45) is 0. The number of aryl methyl sites for hydroxylation is 1. The van der Waals surface area contributed by atoms with Gasteiger partial charge in [-0.05, 0) is 51.1 Å². The zero-order chi connectivity index (χ0) is 14.2. The molecular weight excluding hydrogens is 241 g/mol. The predicted octanol–water partition coefficient (Wildman–Crippen LogP) is 2.29. The van der Waals surface area contributed by atoms with Crippen LogP contribution in [0.5, 0.6) is 0 Å². The Kier molecular flexibility index (Phi) is 4.11. The molecule has 1 aliphatic heterocycles. The van der Waals surface area contributed by atoms with Crippen molar-refractivity contribution in [2.75, 3.05) is 31.6 Å². The Morgan fingerprint density at radius 1 is 1.37 bits per heavy atom. The van der Waals surface area contributed by atoms with E-state index < -0.39 is 0 Å². The second-order valence-electron chi connectivity index (χ2n) is 5.75. The summed E-state index contributed by atoms with van der Waals surface area (Å²) in [5.74, 6) is -0.169. The quantitative estimate of drug-likeness (QED) is 0.890. The van der Waals surface area contributed by atoms with Crippen LogP contribution in [-0.4, -0.2) is 37.6 Å². The highest BCUT2D eigenvalue weighted by Crippen LogP contribution is 2.30. The van der Waals surface area contributed by atoms with Crippen LogP contribution in [0.1, 0.15) is 31.0 Å². The molecule has 4 heteroatoms. The zero-order valence-corrected chi connectivity index (χ0v) is 12.3. The Hall–Kier alpha value is -1.13. The van der Waals surface area contributed by atoms with Crippen molar-refractivity contribution in [2.45, 2.75) is 32.9 Å². The average molecular weight is 265 g/mol. The summed E-state index contributed by atoms with van der Waals surface area (Å²) < 4.78 is 13.8. The van der Waals surface area contributed by atoms with E-state index >= 15 is 0 Å². The highest BCUT2D eigenvalue weighted by molar-refractivity contribution is 5.58. The highest BCUT2D eigenvalue weighted by Gasteiger charge is 2.25. The highest BCUT2D eigenvalue weighted by atomic mass is 19.1. The maximum absolute atomic E-state index is 13.8. The molecule has 1 heterocycles. The standard InChI is InChI=1S/C15H24FN3/c1-10-7-15(13(12(3)17)8-14(10)16)19-6-5-18(4)9-11(19)2/h7-8,11-12H,5-6,9,17H2,1-4H3/t11?,12-/m0/s1. The van der Waals surface area contributed by atoms with Gasteiger partial charge >= 0.3 is 0 Å². The first-order valence-corrected chi connectivity index (χ1v) is 6.91. The lowest BCUT2D eigenvalue weighted by atomic mass is 10.0. The monoisotopic (exact) mass is 265 g/mol. The Balaban J connectivity index is 2.40. The van der Waals surface area contributed by atoms with Crippen molar-refractivity contribution in [3.05, 3.63) is 29.1 Å². The number of piperazine rings is 1. The molecule has 1 fully saturated rings. The first-order valence-electron chi connectivity index (χ1n) is 6.91. The van der Waals surface area contributed by atoms with Crippen molar-refractivity contribution in [3.8, 4) is 0 Å². The van der Waals surface area contributed by atoms with Crippen LogP contribution in [0.3, 0.4) is 0 Å². The van der Waals surface area contributed by atoms with E-state index in [0.717, 1.165) is 30.9 Å². The molecule has 0 aliphatic carbocycles. The molecule has 106 valence electrons. The molecule has 0 saturated carbocycles. The number of nitrogens with zero attached hydrogens (tertiary/aromatic N) is 2. The Morgan fingerprint density at radius 3 is 2.63 bits per heavy atom. The van der Waals surface area contributed by atoms with Gasteiger partial charge < -0.3 is 15.5 Å². The van der Waals surface area contributed by atoms with E-state index in [9.17, 15) is 4.39 Å². The van der Waals surface area contributed by atoms with Gasteiger partial charge in [0.1, 0.15) is 5.82 Å². The molecule has 2 atom stereocenters. The second-order valence-corrected chi connectivity index (χ2v) is 5.75. The van der Waals surface area contributed by atoms with Crippen LogP contribution in [0.25, 0.3) is 0 Å². The van der Waals surface area contributed by atoms with E-state index in [1.165, 1.54) is 0 Å². The minimum absolute atomic E-state index is 0.156. The van der Waals surface area contributed by atoms with E-state index in [0.29, 0.717) is 11.6 Å². The molecule has 1 aliphatic rings. The van der Waals surface area contributed by atoms with Gasteiger partial charge in [0, 0.05) is 37.4 Å². The lowest BCUT2D eigenvalue weighted by molar-refractivity contribution is 0.275. The lowest BCUT2D eigenvalue weighted by Gasteiger charge is -2.41. The molecule has 3 nitrogen and oxygen atoms in total. The molecule has 1 unspecified atom stereocenters. The maximum Gasteiger partial charge on any atom is 0.126 e. The Labute approximate surface area is 115 Å². The third-order valence-electron chi connectivity index (χ3n) is 3.94. The third kappa shape index (κ3) is 2.90. The lowest BCUT2D eigenvalue weighted by Crippen LogP contribution is -2.51. The number of hydrogen-bond donors (Lipinski definition) is 1. The van der Waals surface area contributed by atoms with Crippen molar-refractivity contribution < 1.29 is 4.39 Å². The van der Waals surface area contributed by atoms with Gasteiger partial charge in [-0.25, -0.2) is 4.39 Å². The average Bonchev–Trinajstić information content (AvgIpc) is 2.32. The fourth-order valence-electron chi connectivity index (χ4n) is 2.79. The zero-order valence-electron chi connectivity index (χ0n) is 12.3. The fraction of sp³-hybridized carbons (Fsp3) is 0.600. The molecule has 1 aromatic rings. The molecule has 0 bridgehead atoms. The van der Waals surface area contributed by atoms with Crippen LogP contribution in [0.4, 0.5) is 10.1 Å². The van der Waals surface area contributed by atoms with E-state index in [1.54, 1.807) is 6.07 Å². The van der Waals surface area contributed by atoms with Crippen LogP contribution in [0.2, 0.25) is 0 Å². The second kappa shape index (κ2) is 5.47. The molecule has 0 amide bonds. The third-order valence-corrected chi connectivity index (χ3v) is 3.94. The molecule has 0 aromatic heterocycles. The first-order chi connectivity index (χ1) is 8.90. The molecule has 2 N–H and O–H groups in total. The van der Waals surface area contributed by atoms with E-state index in [-0.39, 0.29) is 11.9 Å². The van der Waals surface area contributed by atoms with Crippen LogP contribution >= 0.6 is 0 Å². The number of likely N-dealkylation sites (N-methyl/N-ethyl adjacent to an activating group) is 1. The first kappa shape index (κ1) is 14.3. The fourth-order valence-corrected chi connectivity index (χ4v) is 2.79. The van der Waals surface area contributed by atoms with Gasteiger partial charge in [-0.3, -0.25) is 0 Å². The van der Waals surface area contributed by atoms with Crippen molar-refractivity contribution in [1.82, 2.24) is 4.90 Å². The Morgan fingerprint density at radius 2 is 2.05 bits per heavy atom. The van der Waals surface area contributed by atoms with Crippen LogP contribution in [-0.2, 0) is 0 Å². The maximum atomic E-state index is 13.8. The molecular formula is C15H24FN3. The molecule has 2 rings (SSSR count). The number of anilines is 1. The largest absolute Gasteiger partial charge is 0.366 e. The van der Waals surface area contributed by atoms with Gasteiger partial charge in [0.25, 0.3) is 0 Å². The normalized spacial score (nSPS) is 22.6. The number of rotatable bonds is 2. The molecule has 19 heavy (non-hydrogen) atoms. The molecule has 0 spiro atoms. The summed E-state index contributed by atoms with van der Waals surface area (Å²) in [5, 5.41) is 0. The van der Waals surface area contributed by atoms with Crippen LogP contribution < -0.4 is 10.6 Å². The summed E-state index contributed by atoms with van der Waals surface area (Å²) >= 11 is 0. The van der Waals surface area contributed by atoms with Gasteiger partial charge in [-0.15, -0.1) is 0 Å². The van der Waals surface area contributed by atoms with Crippen molar-refractivity contribution in [2.24, 2.45) is 5.73 Å². The van der Waals surface area contributed by atoms with E-state index in [1.807, 2.05) is 19.9 Å². The minimum Gasteiger partial charge on any atom is -0.366 e. The molecule has 1 aromatic carbocycles. The SMILES string of the molecule is Cc1cc(N2CCN(C)CC2C)c([C@H](C)N)cc1F. The molecule has 1 saturated heterocycles. The topological polar surface area (TPSA) is 32.5 Å². The predicted molar refractivity (Wildman–Crippen MR) is 78.0 cm³/mol. The summed E-state index contributed by atoms with van der Waals surface area (Å²) in [4.78, 5) is 4.67. The Bertz CT molecular complexity index is 459. The van der Waals surface area contributed by atoms with Gasteiger partial charge in [-0.2, -0.15) is 0 Å². The summed E-state index contributed by atoms with van der Waals surface area (Å²) in [7, 11) is 2.14. The van der Waals surface area contributed by atoms with E-state index in [2.05, 4.69) is 23.8 Å². The van der Waals surface area contributed by atoms with Crippen LogP contribution in [0, 0.1) is 12.7 Å². The van der Waals surface area contributed by atoms with Crippen molar-refractivity contribution in [3.63, 3.8) is 0 Å². The smallest absolute Gasteiger partial charge is 0.126 e. The summed E-state index contributed by atoms with van der Waals surface area (Å²) in [6.45, 7) is 8.94. The molecule has 0 radical (unpaired) electrons. The van der Waals surface area contributed by atoms with Gasteiger partial charge in [0.2, 0.25) is 0 Å².